The molecule has 3 aromatic rings. The number of likely N-dealkylation sites (N-methyl/N-ethyl adjacent to an activating group) is 1. The van der Waals surface area contributed by atoms with E-state index < -0.39 is 0 Å². The summed E-state index contributed by atoms with van der Waals surface area (Å²) in [5, 5.41) is 0. The van der Waals surface area contributed by atoms with Gasteiger partial charge in [0.15, 0.2) is 0 Å². The van der Waals surface area contributed by atoms with E-state index >= 15 is 0 Å². The van der Waals surface area contributed by atoms with E-state index in [0.717, 1.165) is 67.2 Å². The third-order valence-corrected chi connectivity index (χ3v) is 7.80. The highest BCUT2D eigenvalue weighted by molar-refractivity contribution is 5.80. The van der Waals surface area contributed by atoms with Crippen molar-refractivity contribution in [2.75, 3.05) is 38.1 Å². The van der Waals surface area contributed by atoms with E-state index in [-0.39, 0.29) is 11.9 Å². The number of hydrogen-bond acceptors (Lipinski definition) is 4. The lowest BCUT2D eigenvalue weighted by molar-refractivity contribution is 0.0820. The molecule has 5 nitrogen and oxygen atoms in total. The van der Waals surface area contributed by atoms with Gasteiger partial charge in [-0.15, -0.1) is 0 Å². The zero-order chi connectivity index (χ0) is 21.7. The Morgan fingerprint density at radius 2 is 1.81 bits per heavy atom. The molecule has 0 spiro atoms. The maximum atomic E-state index is 14.9. The van der Waals surface area contributed by atoms with Crippen LogP contribution in [0.25, 0.3) is 16.8 Å². The summed E-state index contributed by atoms with van der Waals surface area (Å²) in [7, 11) is 2.10. The summed E-state index contributed by atoms with van der Waals surface area (Å²) >= 11 is 0. The van der Waals surface area contributed by atoms with Gasteiger partial charge in [0.05, 0.1) is 0 Å². The summed E-state index contributed by atoms with van der Waals surface area (Å²) in [6, 6.07) is 9.15. The van der Waals surface area contributed by atoms with Crippen LogP contribution in [0, 0.1) is 17.7 Å². The topological polar surface area (TPSA) is 33.0 Å². The van der Waals surface area contributed by atoms with Crippen molar-refractivity contribution in [3.05, 3.63) is 48.5 Å². The molecule has 4 atom stereocenters. The van der Waals surface area contributed by atoms with E-state index in [0.29, 0.717) is 5.56 Å². The van der Waals surface area contributed by atoms with Crippen molar-refractivity contribution in [3.63, 3.8) is 0 Å². The second-order valence-corrected chi connectivity index (χ2v) is 9.84. The normalized spacial score (nSPS) is 28.0. The molecule has 32 heavy (non-hydrogen) atoms. The highest BCUT2D eigenvalue weighted by Crippen LogP contribution is 2.38. The number of nitrogens with zero attached hydrogens (tertiary/aromatic N) is 4. The van der Waals surface area contributed by atoms with Crippen LogP contribution < -0.4 is 9.64 Å². The molecule has 1 saturated carbocycles. The molecule has 1 saturated heterocycles. The summed E-state index contributed by atoms with van der Waals surface area (Å²) in [4.78, 5) is 9.72. The summed E-state index contributed by atoms with van der Waals surface area (Å²) in [6.45, 7) is 3.98. The molecule has 6 heteroatoms. The third-order valence-electron chi connectivity index (χ3n) is 7.80. The maximum absolute atomic E-state index is 14.9. The van der Waals surface area contributed by atoms with Crippen LogP contribution in [0.1, 0.15) is 32.1 Å². The molecule has 2 fully saturated rings. The van der Waals surface area contributed by atoms with Gasteiger partial charge in [-0.25, -0.2) is 9.37 Å². The van der Waals surface area contributed by atoms with Gasteiger partial charge in [-0.2, -0.15) is 0 Å². The monoisotopic (exact) mass is 434 g/mol. The Bertz CT molecular complexity index is 1130. The minimum absolute atomic E-state index is 0.133. The maximum Gasteiger partial charge on any atom is 0.147 e. The van der Waals surface area contributed by atoms with Crippen LogP contribution in [0.5, 0.6) is 5.75 Å². The zero-order valence-electron chi connectivity index (χ0n) is 18.7. The first kappa shape index (κ1) is 20.0. The summed E-state index contributed by atoms with van der Waals surface area (Å²) in [6.07, 6.45) is 10.5. The fraction of sp³-hybridized carbons (Fsp3) is 0.500. The molecule has 2 unspecified atom stereocenters. The number of benzene rings is 1. The van der Waals surface area contributed by atoms with Gasteiger partial charge >= 0.3 is 0 Å². The van der Waals surface area contributed by atoms with E-state index in [1.54, 1.807) is 6.07 Å². The average Bonchev–Trinajstić information content (AvgIpc) is 3.40. The molecule has 0 radical (unpaired) electrons. The van der Waals surface area contributed by atoms with Crippen molar-refractivity contribution < 1.29 is 9.13 Å². The van der Waals surface area contributed by atoms with Crippen molar-refractivity contribution in [1.29, 1.82) is 0 Å². The number of halogens is 1. The first-order chi connectivity index (χ1) is 15.6. The molecule has 2 aromatic heterocycles. The molecule has 2 aliphatic heterocycles. The van der Waals surface area contributed by atoms with E-state index in [1.165, 1.54) is 31.7 Å². The Balaban J connectivity index is 1.43. The second-order valence-electron chi connectivity index (χ2n) is 9.84. The van der Waals surface area contributed by atoms with Gasteiger partial charge in [-0.3, -0.25) is 4.90 Å². The van der Waals surface area contributed by atoms with Gasteiger partial charge in [0.1, 0.15) is 29.1 Å². The SMILES string of the molecule is CN1CCN2C[C@H](CCC3CCC[C@H]3C2)Oc2ccc(F)c(c2)-c2ccn3ccc1nc23. The molecule has 168 valence electrons. The standard InChI is InChI=1S/C26H31FN4O/c1-29-13-14-30-16-19-4-2-3-18(19)5-6-21(17-30)32-20-7-8-24(27)23(15-20)22-9-11-31-12-10-25(29)28-26(22)31/h7-12,15,18-19,21H,2-6,13-14,16-17H2,1H3/t18?,19-,21-/m0/s1. The smallest absolute Gasteiger partial charge is 0.147 e. The van der Waals surface area contributed by atoms with Gasteiger partial charge in [0, 0.05) is 56.7 Å². The molecular formula is C26H31FN4O. The van der Waals surface area contributed by atoms with Crippen LogP contribution in [0.3, 0.4) is 0 Å². The van der Waals surface area contributed by atoms with Gasteiger partial charge < -0.3 is 14.0 Å². The molecule has 0 amide bonds. The summed E-state index contributed by atoms with van der Waals surface area (Å²) in [5.74, 6) is 3.06. The third kappa shape index (κ3) is 3.64. The zero-order valence-corrected chi connectivity index (χ0v) is 18.7. The first-order valence-electron chi connectivity index (χ1n) is 12.0. The molecule has 6 bridgehead atoms. The van der Waals surface area contributed by atoms with Gasteiger partial charge in [0.2, 0.25) is 0 Å². The van der Waals surface area contributed by atoms with E-state index in [4.69, 9.17) is 9.72 Å². The van der Waals surface area contributed by atoms with Crippen molar-refractivity contribution in [2.24, 2.45) is 11.8 Å². The molecule has 1 aliphatic carbocycles. The van der Waals surface area contributed by atoms with Crippen molar-refractivity contribution in [1.82, 2.24) is 14.3 Å². The predicted molar refractivity (Wildman–Crippen MR) is 125 cm³/mol. The van der Waals surface area contributed by atoms with Gasteiger partial charge in [-0.05, 0) is 61.4 Å². The summed E-state index contributed by atoms with van der Waals surface area (Å²) in [5.41, 5.74) is 2.12. The lowest BCUT2D eigenvalue weighted by atomic mass is 9.88. The Kier molecular flexibility index (Phi) is 5.05. The van der Waals surface area contributed by atoms with Crippen molar-refractivity contribution in [2.45, 2.75) is 38.2 Å². The number of aromatic nitrogens is 2. The Morgan fingerprint density at radius 3 is 2.75 bits per heavy atom. The number of ether oxygens (including phenoxy) is 1. The lowest BCUT2D eigenvalue weighted by Gasteiger charge is -2.36. The highest BCUT2D eigenvalue weighted by atomic mass is 19.1. The lowest BCUT2D eigenvalue weighted by Crippen LogP contribution is -2.44. The minimum atomic E-state index is -0.244. The molecule has 4 heterocycles. The highest BCUT2D eigenvalue weighted by Gasteiger charge is 2.33. The van der Waals surface area contributed by atoms with E-state index in [2.05, 4.69) is 16.8 Å². The van der Waals surface area contributed by atoms with Crippen LogP contribution in [0.2, 0.25) is 0 Å². The van der Waals surface area contributed by atoms with Crippen LogP contribution in [0.15, 0.2) is 42.7 Å². The number of hydrogen-bond donors (Lipinski definition) is 0. The van der Waals surface area contributed by atoms with Gasteiger partial charge in [-0.1, -0.05) is 12.8 Å². The van der Waals surface area contributed by atoms with Crippen LogP contribution in [-0.2, 0) is 0 Å². The largest absolute Gasteiger partial charge is 0.489 e. The molecule has 0 N–H and O–H groups in total. The minimum Gasteiger partial charge on any atom is -0.489 e. The fourth-order valence-corrected chi connectivity index (χ4v) is 5.97. The Morgan fingerprint density at radius 1 is 0.938 bits per heavy atom. The average molecular weight is 435 g/mol. The Hall–Kier alpha value is -2.60. The quantitative estimate of drug-likeness (QED) is 0.506. The Labute approximate surface area is 188 Å². The number of fused-ring (bicyclic) bond motifs is 7. The predicted octanol–water partition coefficient (Wildman–Crippen LogP) is 4.85. The molecular weight excluding hydrogens is 403 g/mol. The fourth-order valence-electron chi connectivity index (χ4n) is 5.97. The van der Waals surface area contributed by atoms with Crippen LogP contribution in [0.4, 0.5) is 10.2 Å². The number of anilines is 1. The first-order valence-corrected chi connectivity index (χ1v) is 12.0. The summed E-state index contributed by atoms with van der Waals surface area (Å²) < 4.78 is 23.4. The second kappa shape index (κ2) is 8.07. The van der Waals surface area contributed by atoms with Crippen LogP contribution in [-0.4, -0.2) is 53.6 Å². The molecule has 6 rings (SSSR count). The van der Waals surface area contributed by atoms with Gasteiger partial charge in [0.25, 0.3) is 0 Å². The van der Waals surface area contributed by atoms with Crippen LogP contribution >= 0.6 is 0 Å². The molecule has 3 aliphatic rings. The molecule has 1 aromatic carbocycles. The van der Waals surface area contributed by atoms with E-state index in [9.17, 15) is 4.39 Å². The van der Waals surface area contributed by atoms with Crippen molar-refractivity contribution >= 4 is 11.5 Å². The van der Waals surface area contributed by atoms with E-state index in [1.807, 2.05) is 35.0 Å². The number of rotatable bonds is 0. The van der Waals surface area contributed by atoms with Crippen molar-refractivity contribution in [3.8, 4) is 16.9 Å².